The van der Waals surface area contributed by atoms with E-state index in [2.05, 4.69) is 20.2 Å². The van der Waals surface area contributed by atoms with Crippen LogP contribution in [0, 0.1) is 0 Å². The van der Waals surface area contributed by atoms with E-state index in [9.17, 15) is 0 Å². The molecule has 1 fully saturated rings. The van der Waals surface area contributed by atoms with Crippen LogP contribution in [-0.2, 0) is 0 Å². The van der Waals surface area contributed by atoms with Gasteiger partial charge in [-0.2, -0.15) is 9.97 Å². The van der Waals surface area contributed by atoms with Gasteiger partial charge in [0.15, 0.2) is 0 Å². The largest absolute Gasteiger partial charge is 0.395 e. The Labute approximate surface area is 101 Å². The molecule has 1 aliphatic rings. The number of aliphatic hydroxyl groups is 1. The number of aromatic nitrogens is 2. The second kappa shape index (κ2) is 5.18. The predicted molar refractivity (Wildman–Crippen MR) is 68.1 cm³/mol. The van der Waals surface area contributed by atoms with Gasteiger partial charge >= 0.3 is 0 Å². The van der Waals surface area contributed by atoms with Crippen LogP contribution in [0.3, 0.4) is 0 Å². The first-order chi connectivity index (χ1) is 8.24. The first kappa shape index (κ1) is 11.9. The summed E-state index contributed by atoms with van der Waals surface area (Å²) >= 11 is 0. The molecule has 0 aromatic carbocycles. The molecule has 0 aliphatic heterocycles. The Kier molecular flexibility index (Phi) is 3.63. The van der Waals surface area contributed by atoms with Crippen LogP contribution in [0.1, 0.15) is 19.3 Å². The minimum absolute atomic E-state index is 0.120. The minimum Gasteiger partial charge on any atom is -0.395 e. The lowest BCUT2D eigenvalue weighted by molar-refractivity contribution is 0.283. The summed E-state index contributed by atoms with van der Waals surface area (Å²) in [6, 6.07) is 2.34. The van der Waals surface area contributed by atoms with Crippen molar-refractivity contribution in [2.24, 2.45) is 0 Å². The number of hydrogen-bond acceptors (Lipinski definition) is 6. The molecule has 4 N–H and O–H groups in total. The number of aliphatic hydroxyl groups excluding tert-OH is 1. The average Bonchev–Trinajstić information content (AvgIpc) is 2.25. The highest BCUT2D eigenvalue weighted by Crippen LogP contribution is 2.29. The van der Waals surface area contributed by atoms with E-state index in [-0.39, 0.29) is 12.6 Å². The summed E-state index contributed by atoms with van der Waals surface area (Å²) in [4.78, 5) is 10.4. The van der Waals surface area contributed by atoms with Gasteiger partial charge in [0.25, 0.3) is 0 Å². The third-order valence-corrected chi connectivity index (χ3v) is 3.14. The van der Waals surface area contributed by atoms with E-state index in [1.54, 1.807) is 7.05 Å². The third kappa shape index (κ3) is 2.58. The maximum absolute atomic E-state index is 9.13. The van der Waals surface area contributed by atoms with Gasteiger partial charge in [0.05, 0.1) is 6.61 Å². The van der Waals surface area contributed by atoms with Gasteiger partial charge in [-0.05, 0) is 19.3 Å². The van der Waals surface area contributed by atoms with E-state index in [0.29, 0.717) is 18.4 Å². The van der Waals surface area contributed by atoms with Crippen molar-refractivity contribution in [3.63, 3.8) is 0 Å². The number of nitrogens with zero attached hydrogens (tertiary/aromatic N) is 3. The van der Waals surface area contributed by atoms with E-state index in [4.69, 9.17) is 10.8 Å². The van der Waals surface area contributed by atoms with E-state index in [1.165, 1.54) is 6.42 Å². The fraction of sp³-hybridized carbons (Fsp3) is 0.636. The molecule has 1 saturated carbocycles. The van der Waals surface area contributed by atoms with Gasteiger partial charge in [-0.25, -0.2) is 0 Å². The Morgan fingerprint density at radius 1 is 1.53 bits per heavy atom. The highest BCUT2D eigenvalue weighted by molar-refractivity contribution is 5.53. The summed E-state index contributed by atoms with van der Waals surface area (Å²) in [5.41, 5.74) is 5.68. The Hall–Kier alpha value is -1.56. The van der Waals surface area contributed by atoms with Crippen molar-refractivity contribution in [3.8, 4) is 0 Å². The number of nitrogens with one attached hydrogen (secondary N) is 1. The van der Waals surface area contributed by atoms with Crippen molar-refractivity contribution in [3.05, 3.63) is 6.07 Å². The highest BCUT2D eigenvalue weighted by Gasteiger charge is 2.26. The number of nitrogens with two attached hydrogens (primary N) is 1. The smallest absolute Gasteiger partial charge is 0.223 e. The zero-order valence-corrected chi connectivity index (χ0v) is 10.1. The van der Waals surface area contributed by atoms with Gasteiger partial charge in [0, 0.05) is 25.7 Å². The number of rotatable bonds is 5. The van der Waals surface area contributed by atoms with Crippen LogP contribution in [0.25, 0.3) is 0 Å². The molecule has 17 heavy (non-hydrogen) atoms. The van der Waals surface area contributed by atoms with Gasteiger partial charge in [0.1, 0.15) is 11.6 Å². The molecular formula is C11H19N5O. The predicted octanol–water partition coefficient (Wildman–Crippen LogP) is 0.452. The quantitative estimate of drug-likeness (QED) is 0.689. The van der Waals surface area contributed by atoms with Crippen LogP contribution < -0.4 is 16.0 Å². The average molecular weight is 237 g/mol. The van der Waals surface area contributed by atoms with E-state index >= 15 is 0 Å². The molecule has 94 valence electrons. The van der Waals surface area contributed by atoms with Crippen molar-refractivity contribution in [2.75, 3.05) is 36.1 Å². The lowest BCUT2D eigenvalue weighted by Gasteiger charge is -2.38. The van der Waals surface area contributed by atoms with Crippen LogP contribution in [0.2, 0.25) is 0 Å². The molecule has 0 atom stereocenters. The maximum Gasteiger partial charge on any atom is 0.223 e. The molecule has 6 heteroatoms. The van der Waals surface area contributed by atoms with Gasteiger partial charge in [-0.3, -0.25) is 0 Å². The molecule has 0 amide bonds. The zero-order chi connectivity index (χ0) is 12.3. The molecule has 1 aromatic rings. The second-order valence-electron chi connectivity index (χ2n) is 4.22. The first-order valence-electron chi connectivity index (χ1n) is 5.94. The van der Waals surface area contributed by atoms with Crippen molar-refractivity contribution in [1.29, 1.82) is 0 Å². The summed E-state index contributed by atoms with van der Waals surface area (Å²) in [5.74, 6) is 1.75. The number of anilines is 3. The standard InChI is InChI=1S/C11H19N5O/c1-13-9-7-10(15-11(12)14-9)16(5-6-17)8-3-2-4-8/h7-8,17H,2-6H2,1H3,(H3,12,13,14,15). The fourth-order valence-corrected chi connectivity index (χ4v) is 2.02. The van der Waals surface area contributed by atoms with Gasteiger partial charge < -0.3 is 21.1 Å². The van der Waals surface area contributed by atoms with Crippen LogP contribution in [-0.4, -0.2) is 41.3 Å². The monoisotopic (exact) mass is 237 g/mol. The molecule has 0 unspecified atom stereocenters. The van der Waals surface area contributed by atoms with Crippen LogP contribution >= 0.6 is 0 Å². The van der Waals surface area contributed by atoms with Crippen molar-refractivity contribution >= 4 is 17.6 Å². The normalized spacial score (nSPS) is 15.4. The molecule has 6 nitrogen and oxygen atoms in total. The molecular weight excluding hydrogens is 218 g/mol. The zero-order valence-electron chi connectivity index (χ0n) is 10.1. The molecule has 1 aliphatic carbocycles. The van der Waals surface area contributed by atoms with Gasteiger partial charge in [0.2, 0.25) is 5.95 Å². The fourth-order valence-electron chi connectivity index (χ4n) is 2.02. The van der Waals surface area contributed by atoms with Gasteiger partial charge in [-0.15, -0.1) is 0 Å². The summed E-state index contributed by atoms with van der Waals surface area (Å²) in [6.07, 6.45) is 3.55. The minimum atomic E-state index is 0.120. The second-order valence-corrected chi connectivity index (χ2v) is 4.22. The molecule has 2 rings (SSSR count). The van der Waals surface area contributed by atoms with E-state index in [0.717, 1.165) is 18.7 Å². The first-order valence-corrected chi connectivity index (χ1v) is 5.94. The van der Waals surface area contributed by atoms with Gasteiger partial charge in [-0.1, -0.05) is 0 Å². The van der Waals surface area contributed by atoms with Crippen LogP contribution in [0.4, 0.5) is 17.6 Å². The summed E-state index contributed by atoms with van der Waals surface area (Å²) in [6.45, 7) is 0.708. The third-order valence-electron chi connectivity index (χ3n) is 3.14. The molecule has 1 aromatic heterocycles. The topological polar surface area (TPSA) is 87.3 Å². The Balaban J connectivity index is 2.24. The SMILES string of the molecule is CNc1cc(N(CCO)C2CCC2)nc(N)n1. The molecule has 1 heterocycles. The Bertz CT molecular complexity index is 380. The maximum atomic E-state index is 9.13. The van der Waals surface area contributed by atoms with E-state index < -0.39 is 0 Å². The summed E-state index contributed by atoms with van der Waals surface area (Å²) in [7, 11) is 1.80. The molecule has 0 bridgehead atoms. The summed E-state index contributed by atoms with van der Waals surface area (Å²) in [5, 5.41) is 12.1. The lowest BCUT2D eigenvalue weighted by Crippen LogP contribution is -2.42. The molecule has 0 radical (unpaired) electrons. The summed E-state index contributed by atoms with van der Waals surface area (Å²) < 4.78 is 0. The molecule has 0 saturated heterocycles. The Morgan fingerprint density at radius 3 is 2.82 bits per heavy atom. The Morgan fingerprint density at radius 2 is 2.29 bits per heavy atom. The van der Waals surface area contributed by atoms with Crippen molar-refractivity contribution in [2.45, 2.75) is 25.3 Å². The molecule has 0 spiro atoms. The number of hydrogen-bond donors (Lipinski definition) is 3. The lowest BCUT2D eigenvalue weighted by atomic mass is 9.91. The van der Waals surface area contributed by atoms with Crippen LogP contribution in [0.5, 0.6) is 0 Å². The number of nitrogen functional groups attached to an aromatic ring is 1. The van der Waals surface area contributed by atoms with Crippen LogP contribution in [0.15, 0.2) is 6.07 Å². The van der Waals surface area contributed by atoms with Crippen molar-refractivity contribution < 1.29 is 5.11 Å². The van der Waals surface area contributed by atoms with Crippen molar-refractivity contribution in [1.82, 2.24) is 9.97 Å². The highest BCUT2D eigenvalue weighted by atomic mass is 16.3. The van der Waals surface area contributed by atoms with E-state index in [1.807, 2.05) is 6.07 Å².